The lowest BCUT2D eigenvalue weighted by Gasteiger charge is -2.20. The predicted molar refractivity (Wildman–Crippen MR) is 96.0 cm³/mol. The number of aryl methyl sites for hydroxylation is 1. The van der Waals surface area contributed by atoms with Crippen molar-refractivity contribution in [2.75, 3.05) is 18.0 Å². The van der Waals surface area contributed by atoms with Gasteiger partial charge in [0.1, 0.15) is 11.6 Å². The summed E-state index contributed by atoms with van der Waals surface area (Å²) < 4.78 is 14.8. The quantitative estimate of drug-likeness (QED) is 0.620. The summed E-state index contributed by atoms with van der Waals surface area (Å²) in [7, 11) is 0. The third-order valence-electron chi connectivity index (χ3n) is 3.70. The third kappa shape index (κ3) is 3.55. The van der Waals surface area contributed by atoms with Gasteiger partial charge in [-0.25, -0.2) is 19.0 Å². The molecule has 0 radical (unpaired) electrons. The van der Waals surface area contributed by atoms with E-state index < -0.39 is 0 Å². The van der Waals surface area contributed by atoms with E-state index in [2.05, 4.69) is 33.4 Å². The van der Waals surface area contributed by atoms with Crippen LogP contribution in [0.15, 0.2) is 49.6 Å². The van der Waals surface area contributed by atoms with Gasteiger partial charge < -0.3 is 4.90 Å². The summed E-state index contributed by atoms with van der Waals surface area (Å²) in [5, 5.41) is 8.47. The molecule has 0 amide bonds. The van der Waals surface area contributed by atoms with Gasteiger partial charge in [-0.1, -0.05) is 29.5 Å². The molecule has 0 saturated heterocycles. The van der Waals surface area contributed by atoms with Crippen LogP contribution in [0.3, 0.4) is 0 Å². The molecule has 25 heavy (non-hydrogen) atoms. The highest BCUT2D eigenvalue weighted by atomic mass is 19.1. The highest BCUT2D eigenvalue weighted by Crippen LogP contribution is 2.22. The van der Waals surface area contributed by atoms with Crippen molar-refractivity contribution in [2.45, 2.75) is 13.5 Å². The topological polar surface area (TPSA) is 59.7 Å². The fraction of sp³-hybridized carbons (Fsp3) is 0.222. The number of hydrogen-bond acceptors (Lipinski definition) is 5. The molecule has 0 bridgehead atoms. The Kier molecular flexibility index (Phi) is 4.83. The van der Waals surface area contributed by atoms with Crippen molar-refractivity contribution in [2.24, 2.45) is 0 Å². The Morgan fingerprint density at radius 2 is 1.80 bits per heavy atom. The first kappa shape index (κ1) is 16.8. The molecule has 0 fully saturated rings. The van der Waals surface area contributed by atoms with Gasteiger partial charge in [-0.2, -0.15) is 0 Å². The molecule has 0 aliphatic carbocycles. The van der Waals surface area contributed by atoms with Crippen LogP contribution >= 0.6 is 0 Å². The molecular weight excluding hydrogens is 319 g/mol. The average molecular weight is 338 g/mol. The molecule has 0 aliphatic rings. The van der Waals surface area contributed by atoms with Gasteiger partial charge in [0.05, 0.1) is 6.54 Å². The summed E-state index contributed by atoms with van der Waals surface area (Å²) in [4.78, 5) is 11.0. The first-order chi connectivity index (χ1) is 12.1. The zero-order valence-electron chi connectivity index (χ0n) is 14.1. The van der Waals surface area contributed by atoms with Crippen molar-refractivity contribution in [3.63, 3.8) is 0 Å². The molecule has 2 heterocycles. The van der Waals surface area contributed by atoms with Gasteiger partial charge in [0.15, 0.2) is 17.0 Å². The van der Waals surface area contributed by atoms with Crippen molar-refractivity contribution in [3.05, 3.63) is 66.8 Å². The number of halogens is 1. The smallest absolute Gasteiger partial charge is 0.184 e. The van der Waals surface area contributed by atoms with E-state index in [1.807, 2.05) is 11.8 Å². The maximum absolute atomic E-state index is 13.1. The van der Waals surface area contributed by atoms with Gasteiger partial charge in [0.25, 0.3) is 0 Å². The van der Waals surface area contributed by atoms with Crippen molar-refractivity contribution < 1.29 is 4.39 Å². The first-order valence-corrected chi connectivity index (χ1v) is 7.91. The van der Waals surface area contributed by atoms with Crippen LogP contribution in [0.5, 0.6) is 0 Å². The summed E-state index contributed by atoms with van der Waals surface area (Å²) in [6, 6.07) is 6.30. The van der Waals surface area contributed by atoms with Crippen LogP contribution in [-0.2, 0) is 6.54 Å². The fourth-order valence-corrected chi connectivity index (χ4v) is 2.60. The number of hydrogen-bond donors (Lipinski definition) is 0. The molecule has 3 rings (SSSR count). The van der Waals surface area contributed by atoms with Gasteiger partial charge in [-0.3, -0.25) is 0 Å². The lowest BCUT2D eigenvalue weighted by Crippen LogP contribution is -2.25. The molecule has 6 nitrogen and oxygen atoms in total. The molecule has 7 heteroatoms. The lowest BCUT2D eigenvalue weighted by atomic mass is 10.2. The lowest BCUT2D eigenvalue weighted by molar-refractivity contribution is 0.623. The van der Waals surface area contributed by atoms with Crippen LogP contribution in [0.2, 0.25) is 0 Å². The highest BCUT2D eigenvalue weighted by molar-refractivity contribution is 5.83. The van der Waals surface area contributed by atoms with Gasteiger partial charge in [-0.05, 0) is 24.6 Å². The van der Waals surface area contributed by atoms with Crippen molar-refractivity contribution >= 4 is 17.0 Å². The van der Waals surface area contributed by atoms with Crippen LogP contribution in [-0.4, -0.2) is 38.1 Å². The maximum atomic E-state index is 13.1. The molecule has 0 N–H and O–H groups in total. The van der Waals surface area contributed by atoms with E-state index >= 15 is 0 Å². The van der Waals surface area contributed by atoms with Crippen LogP contribution in [0.1, 0.15) is 11.4 Å². The first-order valence-electron chi connectivity index (χ1n) is 7.91. The Labute approximate surface area is 145 Å². The Balaban J connectivity index is 2.03. The second kappa shape index (κ2) is 7.21. The summed E-state index contributed by atoms with van der Waals surface area (Å²) in [5.74, 6) is 1.06. The van der Waals surface area contributed by atoms with Gasteiger partial charge in [0, 0.05) is 13.1 Å². The van der Waals surface area contributed by atoms with Crippen molar-refractivity contribution in [1.29, 1.82) is 0 Å². The largest absolute Gasteiger partial charge is 0.347 e. The highest BCUT2D eigenvalue weighted by Gasteiger charge is 2.17. The van der Waals surface area contributed by atoms with E-state index in [1.54, 1.807) is 29.0 Å². The van der Waals surface area contributed by atoms with Gasteiger partial charge in [0.2, 0.25) is 0 Å². The van der Waals surface area contributed by atoms with Crippen LogP contribution in [0, 0.1) is 12.7 Å². The Bertz CT molecular complexity index is 890. The molecule has 2 aromatic heterocycles. The molecule has 0 aliphatic heterocycles. The van der Waals surface area contributed by atoms with E-state index in [0.29, 0.717) is 42.4 Å². The van der Waals surface area contributed by atoms with Crippen molar-refractivity contribution in [3.8, 4) is 0 Å². The Morgan fingerprint density at radius 3 is 2.44 bits per heavy atom. The number of fused-ring (bicyclic) bond motifs is 1. The second-order valence-corrected chi connectivity index (χ2v) is 5.62. The summed E-state index contributed by atoms with van der Waals surface area (Å²) in [6.45, 7) is 11.1. The van der Waals surface area contributed by atoms with E-state index in [4.69, 9.17) is 0 Å². The minimum absolute atomic E-state index is 0.267. The monoisotopic (exact) mass is 338 g/mol. The van der Waals surface area contributed by atoms with Crippen LogP contribution < -0.4 is 4.90 Å². The van der Waals surface area contributed by atoms with E-state index in [-0.39, 0.29) is 5.82 Å². The van der Waals surface area contributed by atoms with Crippen LogP contribution in [0.4, 0.5) is 10.2 Å². The minimum Gasteiger partial charge on any atom is -0.347 e. The number of benzene rings is 1. The Morgan fingerprint density at radius 1 is 1.12 bits per heavy atom. The number of aromatic nitrogens is 5. The number of nitrogens with zero attached hydrogens (tertiary/aromatic N) is 6. The van der Waals surface area contributed by atoms with Crippen molar-refractivity contribution in [1.82, 2.24) is 25.0 Å². The Hall–Kier alpha value is -3.09. The molecule has 0 saturated carbocycles. The fourth-order valence-electron chi connectivity index (χ4n) is 2.60. The summed E-state index contributed by atoms with van der Waals surface area (Å²) in [5.41, 5.74) is 2.18. The van der Waals surface area contributed by atoms with Gasteiger partial charge in [-0.15, -0.1) is 18.3 Å². The number of rotatable bonds is 7. The minimum atomic E-state index is -0.267. The predicted octanol–water partition coefficient (Wildman–Crippen LogP) is 2.90. The summed E-state index contributed by atoms with van der Waals surface area (Å²) in [6.07, 6.45) is 3.60. The van der Waals surface area contributed by atoms with E-state index in [0.717, 1.165) is 5.56 Å². The molecule has 128 valence electrons. The molecular formula is C18H19FN6. The number of anilines is 1. The SMILES string of the molecule is C=CCN(CC=C)c1nc(C)nc2c1nnn2Cc1ccc(F)cc1. The normalized spacial score (nSPS) is 10.8. The van der Waals surface area contributed by atoms with E-state index in [1.165, 1.54) is 12.1 Å². The molecule has 0 spiro atoms. The molecule has 1 aromatic carbocycles. The molecule has 0 atom stereocenters. The van der Waals surface area contributed by atoms with Crippen LogP contribution in [0.25, 0.3) is 11.2 Å². The second-order valence-electron chi connectivity index (χ2n) is 5.62. The zero-order valence-corrected chi connectivity index (χ0v) is 14.1. The van der Waals surface area contributed by atoms with Gasteiger partial charge >= 0.3 is 0 Å². The third-order valence-corrected chi connectivity index (χ3v) is 3.70. The summed E-state index contributed by atoms with van der Waals surface area (Å²) >= 11 is 0. The zero-order chi connectivity index (χ0) is 17.8. The molecule has 3 aromatic rings. The molecule has 0 unspecified atom stereocenters. The maximum Gasteiger partial charge on any atom is 0.184 e. The average Bonchev–Trinajstić information content (AvgIpc) is 2.99. The standard InChI is InChI=1S/C18H19FN6/c1-4-10-24(11-5-2)17-16-18(21-13(3)20-17)25(23-22-16)12-14-6-8-15(19)9-7-14/h4-9H,1-2,10-12H2,3H3. The van der Waals surface area contributed by atoms with E-state index in [9.17, 15) is 4.39 Å².